The van der Waals surface area contributed by atoms with Gasteiger partial charge in [0.15, 0.2) is 11.0 Å². The lowest BCUT2D eigenvalue weighted by molar-refractivity contribution is -0.137. The van der Waals surface area contributed by atoms with Gasteiger partial charge in [-0.2, -0.15) is 13.2 Å². The van der Waals surface area contributed by atoms with E-state index in [-0.39, 0.29) is 11.4 Å². The van der Waals surface area contributed by atoms with Gasteiger partial charge >= 0.3 is 6.18 Å². The summed E-state index contributed by atoms with van der Waals surface area (Å²) in [6, 6.07) is 12.0. The molecule has 2 aromatic carbocycles. The predicted molar refractivity (Wildman–Crippen MR) is 107 cm³/mol. The van der Waals surface area contributed by atoms with Crippen LogP contribution in [-0.4, -0.2) is 26.4 Å². The molecule has 5 nitrogen and oxygen atoms in total. The molecule has 1 N–H and O–H groups in total. The second-order valence-electron chi connectivity index (χ2n) is 5.94. The summed E-state index contributed by atoms with van der Waals surface area (Å²) in [4.78, 5) is 12.2. The van der Waals surface area contributed by atoms with Crippen LogP contribution >= 0.6 is 23.4 Å². The number of benzene rings is 2. The number of amides is 1. The molecule has 3 rings (SSSR count). The fourth-order valence-electron chi connectivity index (χ4n) is 2.68. The normalized spacial score (nSPS) is 11.5. The van der Waals surface area contributed by atoms with Crippen molar-refractivity contribution in [3.63, 3.8) is 0 Å². The minimum Gasteiger partial charge on any atom is -0.325 e. The number of carbonyl (C=O) groups is 1. The zero-order valence-electron chi connectivity index (χ0n) is 15.2. The molecule has 3 aromatic rings. The number of nitrogens with one attached hydrogen (secondary N) is 1. The zero-order valence-corrected chi connectivity index (χ0v) is 16.8. The quantitative estimate of drug-likeness (QED) is 0.523. The van der Waals surface area contributed by atoms with Crippen LogP contribution in [0.1, 0.15) is 12.5 Å². The fraction of sp³-hybridized carbons (Fsp3) is 0.211. The minimum atomic E-state index is -4.55. The van der Waals surface area contributed by atoms with Crippen LogP contribution < -0.4 is 5.32 Å². The number of halogens is 4. The maximum atomic E-state index is 13.1. The monoisotopic (exact) mass is 440 g/mol. The van der Waals surface area contributed by atoms with Crippen molar-refractivity contribution in [1.82, 2.24) is 14.8 Å². The SMILES string of the molecule is CCn1c(SCC(=O)Nc2ccccc2C(F)(F)F)nnc1-c1cccc(Cl)c1. The first kappa shape index (κ1) is 21.2. The lowest BCUT2D eigenvalue weighted by Gasteiger charge is -2.13. The molecule has 10 heteroatoms. The average Bonchev–Trinajstić information content (AvgIpc) is 3.09. The van der Waals surface area contributed by atoms with Crippen LogP contribution in [0.25, 0.3) is 11.4 Å². The second kappa shape index (κ2) is 8.87. The number of nitrogens with zero attached hydrogens (tertiary/aromatic N) is 3. The third-order valence-corrected chi connectivity index (χ3v) is 5.16. The van der Waals surface area contributed by atoms with Gasteiger partial charge in [0.05, 0.1) is 17.0 Å². The summed E-state index contributed by atoms with van der Waals surface area (Å²) in [5.74, 6) is -0.0816. The summed E-state index contributed by atoms with van der Waals surface area (Å²) in [5, 5.41) is 11.6. The minimum absolute atomic E-state index is 0.111. The molecular formula is C19H16ClF3N4OS. The highest BCUT2D eigenvalue weighted by molar-refractivity contribution is 7.99. The van der Waals surface area contributed by atoms with Crippen LogP contribution in [0.2, 0.25) is 5.02 Å². The standard InChI is InChI=1S/C19H16ClF3N4OS/c1-2-27-17(12-6-5-7-13(20)10-12)25-26-18(27)29-11-16(28)24-15-9-4-3-8-14(15)19(21,22)23/h3-10H,2,11H2,1H3,(H,24,28). The van der Waals surface area contributed by atoms with Crippen LogP contribution in [0.3, 0.4) is 0 Å². The number of anilines is 1. The first-order valence-electron chi connectivity index (χ1n) is 8.57. The van der Waals surface area contributed by atoms with Gasteiger partial charge in [-0.3, -0.25) is 4.79 Å². The molecule has 0 saturated heterocycles. The van der Waals surface area contributed by atoms with E-state index < -0.39 is 17.6 Å². The first-order chi connectivity index (χ1) is 13.8. The van der Waals surface area contributed by atoms with Crippen molar-refractivity contribution in [2.75, 3.05) is 11.1 Å². The van der Waals surface area contributed by atoms with E-state index in [1.807, 2.05) is 17.6 Å². The second-order valence-corrected chi connectivity index (χ2v) is 7.32. The summed E-state index contributed by atoms with van der Waals surface area (Å²) < 4.78 is 41.0. The van der Waals surface area contributed by atoms with Gasteiger partial charge in [-0.25, -0.2) is 0 Å². The maximum Gasteiger partial charge on any atom is 0.418 e. The summed E-state index contributed by atoms with van der Waals surface area (Å²) in [5.41, 5.74) is -0.386. The average molecular weight is 441 g/mol. The van der Waals surface area contributed by atoms with E-state index in [1.165, 1.54) is 18.2 Å². The van der Waals surface area contributed by atoms with Gasteiger partial charge in [0.1, 0.15) is 0 Å². The number of hydrogen-bond acceptors (Lipinski definition) is 4. The van der Waals surface area contributed by atoms with Crippen molar-refractivity contribution in [2.24, 2.45) is 0 Å². The Labute approximate surface area is 174 Å². The highest BCUT2D eigenvalue weighted by Gasteiger charge is 2.33. The van der Waals surface area contributed by atoms with E-state index in [0.29, 0.717) is 22.5 Å². The lowest BCUT2D eigenvalue weighted by Crippen LogP contribution is -2.18. The zero-order chi connectivity index (χ0) is 21.0. The molecule has 0 unspecified atom stereocenters. The number of alkyl halides is 3. The number of carbonyl (C=O) groups excluding carboxylic acids is 1. The van der Waals surface area contributed by atoms with Crippen LogP contribution in [0.5, 0.6) is 0 Å². The van der Waals surface area contributed by atoms with Gasteiger partial charge in [0, 0.05) is 17.1 Å². The topological polar surface area (TPSA) is 59.8 Å². The molecule has 0 bridgehead atoms. The number of aromatic nitrogens is 3. The maximum absolute atomic E-state index is 13.1. The molecule has 0 atom stereocenters. The molecule has 0 aliphatic heterocycles. The smallest absolute Gasteiger partial charge is 0.325 e. The van der Waals surface area contributed by atoms with E-state index in [0.717, 1.165) is 23.4 Å². The van der Waals surface area contributed by atoms with E-state index in [1.54, 1.807) is 18.2 Å². The van der Waals surface area contributed by atoms with Crippen LogP contribution in [0.15, 0.2) is 53.7 Å². The van der Waals surface area contributed by atoms with Gasteiger partial charge in [0.2, 0.25) is 5.91 Å². The van der Waals surface area contributed by atoms with Crippen molar-refractivity contribution >= 4 is 35.0 Å². The third-order valence-electron chi connectivity index (χ3n) is 3.95. The summed E-state index contributed by atoms with van der Waals surface area (Å²) in [7, 11) is 0. The molecule has 0 fully saturated rings. The Morgan fingerprint density at radius 3 is 2.62 bits per heavy atom. The van der Waals surface area contributed by atoms with Gasteiger partial charge in [0.25, 0.3) is 0 Å². The Hall–Kier alpha value is -2.52. The van der Waals surface area contributed by atoms with E-state index in [9.17, 15) is 18.0 Å². The Bertz CT molecular complexity index is 1020. The van der Waals surface area contributed by atoms with Gasteiger partial charge in [-0.05, 0) is 31.2 Å². The van der Waals surface area contributed by atoms with Crippen LogP contribution in [-0.2, 0) is 17.5 Å². The first-order valence-corrected chi connectivity index (χ1v) is 9.94. The number of hydrogen-bond donors (Lipinski definition) is 1. The molecule has 0 aliphatic rings. The molecule has 29 heavy (non-hydrogen) atoms. The Morgan fingerprint density at radius 2 is 1.93 bits per heavy atom. The van der Waals surface area contributed by atoms with Gasteiger partial charge in [-0.1, -0.05) is 47.6 Å². The molecule has 0 radical (unpaired) electrons. The van der Waals surface area contributed by atoms with E-state index in [2.05, 4.69) is 15.5 Å². The summed E-state index contributed by atoms with van der Waals surface area (Å²) in [6.07, 6.45) is -4.55. The molecule has 1 aromatic heterocycles. The van der Waals surface area contributed by atoms with Gasteiger partial charge < -0.3 is 9.88 Å². The van der Waals surface area contributed by atoms with Crippen molar-refractivity contribution < 1.29 is 18.0 Å². The predicted octanol–water partition coefficient (Wildman–Crippen LogP) is 5.37. The molecule has 1 amide bonds. The number of para-hydroxylation sites is 1. The van der Waals surface area contributed by atoms with E-state index in [4.69, 9.17) is 11.6 Å². The largest absolute Gasteiger partial charge is 0.418 e. The highest BCUT2D eigenvalue weighted by Crippen LogP contribution is 2.34. The Morgan fingerprint density at radius 1 is 1.17 bits per heavy atom. The van der Waals surface area contributed by atoms with Crippen molar-refractivity contribution in [3.05, 3.63) is 59.1 Å². The van der Waals surface area contributed by atoms with Crippen molar-refractivity contribution in [3.8, 4) is 11.4 Å². The van der Waals surface area contributed by atoms with Crippen LogP contribution in [0.4, 0.5) is 18.9 Å². The molecule has 1 heterocycles. The van der Waals surface area contributed by atoms with E-state index >= 15 is 0 Å². The number of rotatable bonds is 6. The Kier molecular flexibility index (Phi) is 6.49. The highest BCUT2D eigenvalue weighted by atomic mass is 35.5. The van der Waals surface area contributed by atoms with Gasteiger partial charge in [-0.15, -0.1) is 10.2 Å². The van der Waals surface area contributed by atoms with Crippen molar-refractivity contribution in [2.45, 2.75) is 24.8 Å². The molecule has 0 aliphatic carbocycles. The van der Waals surface area contributed by atoms with Crippen molar-refractivity contribution in [1.29, 1.82) is 0 Å². The van der Waals surface area contributed by atoms with Crippen LogP contribution in [0, 0.1) is 0 Å². The molecule has 152 valence electrons. The third kappa shape index (κ3) is 5.10. The number of thioether (sulfide) groups is 1. The molecule has 0 saturated carbocycles. The Balaban J connectivity index is 1.72. The lowest BCUT2D eigenvalue weighted by atomic mass is 10.1. The fourth-order valence-corrected chi connectivity index (χ4v) is 3.67. The summed E-state index contributed by atoms with van der Waals surface area (Å²) in [6.45, 7) is 2.46. The molecular weight excluding hydrogens is 425 g/mol. The molecule has 0 spiro atoms. The summed E-state index contributed by atoms with van der Waals surface area (Å²) >= 11 is 7.12.